The van der Waals surface area contributed by atoms with Gasteiger partial charge in [-0.2, -0.15) is 0 Å². The van der Waals surface area contributed by atoms with Gasteiger partial charge >= 0.3 is 5.97 Å². The van der Waals surface area contributed by atoms with Crippen LogP contribution in [0.4, 0.5) is 4.39 Å². The number of carbonyl (C=O) groups is 2. The van der Waals surface area contributed by atoms with Crippen molar-refractivity contribution < 1.29 is 23.8 Å². The molecule has 6 heteroatoms. The average molecular weight is 361 g/mol. The van der Waals surface area contributed by atoms with E-state index in [2.05, 4.69) is 0 Å². The number of carboxylic acid groups (broad SMARTS) is 1. The summed E-state index contributed by atoms with van der Waals surface area (Å²) in [5.41, 5.74) is -0.119. The Morgan fingerprint density at radius 1 is 1.15 bits per heavy atom. The van der Waals surface area contributed by atoms with Crippen LogP contribution in [0.1, 0.15) is 37.7 Å². The van der Waals surface area contributed by atoms with Crippen LogP contribution in [0.2, 0.25) is 0 Å². The molecule has 4 rings (SSSR count). The molecular weight excluding hydrogens is 337 g/mol. The first-order chi connectivity index (χ1) is 12.5. The highest BCUT2D eigenvalue weighted by Crippen LogP contribution is 2.59. The maximum absolute atomic E-state index is 13.8. The number of benzene rings is 1. The Morgan fingerprint density at radius 2 is 1.85 bits per heavy atom. The van der Waals surface area contributed by atoms with E-state index in [0.717, 1.165) is 24.8 Å². The van der Waals surface area contributed by atoms with Gasteiger partial charge in [-0.15, -0.1) is 0 Å². The van der Waals surface area contributed by atoms with Crippen LogP contribution in [0.5, 0.6) is 0 Å². The molecule has 1 unspecified atom stereocenters. The third-order valence-corrected chi connectivity index (χ3v) is 6.67. The van der Waals surface area contributed by atoms with Gasteiger partial charge in [-0.3, -0.25) is 9.59 Å². The Labute approximate surface area is 152 Å². The van der Waals surface area contributed by atoms with E-state index in [0.29, 0.717) is 39.1 Å². The van der Waals surface area contributed by atoms with Crippen molar-refractivity contribution in [2.45, 2.75) is 37.5 Å². The third-order valence-electron chi connectivity index (χ3n) is 6.67. The van der Waals surface area contributed by atoms with Crippen molar-refractivity contribution in [1.29, 1.82) is 0 Å². The number of carbonyl (C=O) groups excluding carboxylic acids is 1. The van der Waals surface area contributed by atoms with Gasteiger partial charge in [0.25, 0.3) is 0 Å². The minimum Gasteiger partial charge on any atom is -0.481 e. The molecule has 0 radical (unpaired) electrons. The summed E-state index contributed by atoms with van der Waals surface area (Å²) in [6.07, 6.45) is 3.31. The Balaban J connectivity index is 1.54. The van der Waals surface area contributed by atoms with E-state index in [4.69, 9.17) is 4.74 Å². The largest absolute Gasteiger partial charge is 0.481 e. The molecular formula is C20H24FNO4. The first-order valence-corrected chi connectivity index (χ1v) is 9.33. The van der Waals surface area contributed by atoms with E-state index in [1.165, 1.54) is 12.1 Å². The summed E-state index contributed by atoms with van der Waals surface area (Å²) in [6.45, 7) is 2.14. The number of nitrogens with zero attached hydrogens (tertiary/aromatic N) is 1. The topological polar surface area (TPSA) is 66.8 Å². The van der Waals surface area contributed by atoms with Crippen LogP contribution in [0, 0.1) is 17.2 Å². The van der Waals surface area contributed by atoms with Gasteiger partial charge in [-0.25, -0.2) is 4.39 Å². The zero-order valence-electron chi connectivity index (χ0n) is 14.7. The zero-order chi connectivity index (χ0) is 18.4. The highest BCUT2D eigenvalue weighted by atomic mass is 19.1. The van der Waals surface area contributed by atoms with E-state index in [9.17, 15) is 19.1 Å². The molecule has 0 bridgehead atoms. The van der Waals surface area contributed by atoms with E-state index >= 15 is 0 Å². The van der Waals surface area contributed by atoms with Crippen LogP contribution in [-0.2, 0) is 19.7 Å². The quantitative estimate of drug-likeness (QED) is 0.899. The van der Waals surface area contributed by atoms with Crippen molar-refractivity contribution in [2.24, 2.45) is 11.3 Å². The number of halogens is 1. The van der Waals surface area contributed by atoms with E-state index < -0.39 is 11.4 Å². The fraction of sp³-hybridized carbons (Fsp3) is 0.600. The maximum Gasteiger partial charge on any atom is 0.307 e. The van der Waals surface area contributed by atoms with Gasteiger partial charge in [0.2, 0.25) is 5.91 Å². The minimum absolute atomic E-state index is 0.0359. The fourth-order valence-corrected chi connectivity index (χ4v) is 4.84. The first kappa shape index (κ1) is 17.5. The molecule has 26 heavy (non-hydrogen) atoms. The molecule has 0 aromatic heterocycles. The molecule has 3 fully saturated rings. The van der Waals surface area contributed by atoms with Crippen molar-refractivity contribution in [3.05, 3.63) is 35.6 Å². The lowest BCUT2D eigenvalue weighted by Crippen LogP contribution is -2.52. The molecule has 1 atom stereocenters. The van der Waals surface area contributed by atoms with Gasteiger partial charge < -0.3 is 14.7 Å². The molecule has 1 spiro atoms. The molecule has 1 N–H and O–H groups in total. The second-order valence-electron chi connectivity index (χ2n) is 7.95. The van der Waals surface area contributed by atoms with Crippen LogP contribution in [0.25, 0.3) is 0 Å². The maximum atomic E-state index is 13.8. The summed E-state index contributed by atoms with van der Waals surface area (Å²) in [6, 6.07) is 6.35. The number of piperidine rings is 1. The van der Waals surface area contributed by atoms with Crippen molar-refractivity contribution in [3.63, 3.8) is 0 Å². The van der Waals surface area contributed by atoms with Gasteiger partial charge in [0.1, 0.15) is 5.82 Å². The van der Waals surface area contributed by atoms with Crippen molar-refractivity contribution in [1.82, 2.24) is 4.90 Å². The highest BCUT2D eigenvalue weighted by molar-refractivity contribution is 5.88. The summed E-state index contributed by atoms with van der Waals surface area (Å²) in [7, 11) is 0. The summed E-state index contributed by atoms with van der Waals surface area (Å²) < 4.78 is 19.3. The molecule has 140 valence electrons. The minimum atomic E-state index is -0.736. The van der Waals surface area contributed by atoms with Gasteiger partial charge in [0, 0.05) is 26.3 Å². The predicted octanol–water partition coefficient (Wildman–Crippen LogP) is 2.59. The number of amides is 1. The second-order valence-corrected chi connectivity index (χ2v) is 7.95. The number of carboxylic acids is 1. The van der Waals surface area contributed by atoms with Gasteiger partial charge in [-0.05, 0) is 55.2 Å². The Bertz CT molecular complexity index is 720. The van der Waals surface area contributed by atoms with E-state index in [1.54, 1.807) is 6.07 Å². The van der Waals surface area contributed by atoms with E-state index in [1.807, 2.05) is 11.0 Å². The van der Waals surface area contributed by atoms with Crippen molar-refractivity contribution >= 4 is 11.9 Å². The Hall–Kier alpha value is -1.95. The number of ether oxygens (including phenoxy) is 1. The summed E-state index contributed by atoms with van der Waals surface area (Å²) in [5.74, 6) is -1.26. The van der Waals surface area contributed by atoms with Gasteiger partial charge in [0.15, 0.2) is 0 Å². The Kier molecular flexibility index (Phi) is 4.26. The predicted molar refractivity (Wildman–Crippen MR) is 92.1 cm³/mol. The monoisotopic (exact) mass is 361 g/mol. The molecule has 1 aromatic rings. The molecule has 1 aromatic carbocycles. The second kappa shape index (κ2) is 6.34. The Morgan fingerprint density at radius 3 is 2.42 bits per heavy atom. The lowest BCUT2D eigenvalue weighted by molar-refractivity contribution is -0.143. The standard InChI is InChI=1S/C20H24FNO4/c21-15-3-1-2-14(12-15)20(6-10-26-11-7-20)18(25)22-8-4-19(5-9-22)13-16(19)17(23)24/h1-3,12,16H,4-11,13H2,(H,23,24). The molecule has 1 saturated carbocycles. The van der Waals surface area contributed by atoms with Crippen LogP contribution < -0.4 is 0 Å². The number of rotatable bonds is 3. The molecule has 2 heterocycles. The van der Waals surface area contributed by atoms with Crippen LogP contribution in [0.3, 0.4) is 0 Å². The van der Waals surface area contributed by atoms with Crippen LogP contribution >= 0.6 is 0 Å². The molecule has 5 nitrogen and oxygen atoms in total. The van der Waals surface area contributed by atoms with Crippen molar-refractivity contribution in [3.8, 4) is 0 Å². The van der Waals surface area contributed by atoms with Crippen LogP contribution in [-0.4, -0.2) is 48.2 Å². The number of hydrogen-bond donors (Lipinski definition) is 1. The summed E-state index contributed by atoms with van der Waals surface area (Å²) in [4.78, 5) is 26.6. The first-order valence-electron chi connectivity index (χ1n) is 9.33. The highest BCUT2D eigenvalue weighted by Gasteiger charge is 2.59. The smallest absolute Gasteiger partial charge is 0.307 e. The number of hydrogen-bond acceptors (Lipinski definition) is 3. The van der Waals surface area contributed by atoms with Gasteiger partial charge in [0.05, 0.1) is 11.3 Å². The van der Waals surface area contributed by atoms with Gasteiger partial charge in [-0.1, -0.05) is 12.1 Å². The molecule has 1 aliphatic carbocycles. The fourth-order valence-electron chi connectivity index (χ4n) is 4.84. The lowest BCUT2D eigenvalue weighted by Gasteiger charge is -2.42. The number of likely N-dealkylation sites (tertiary alicyclic amines) is 1. The summed E-state index contributed by atoms with van der Waals surface area (Å²) in [5, 5.41) is 9.24. The van der Waals surface area contributed by atoms with Crippen molar-refractivity contribution in [2.75, 3.05) is 26.3 Å². The molecule has 1 amide bonds. The SMILES string of the molecule is O=C(O)C1CC12CCN(C(=O)C1(c3cccc(F)c3)CCOCC1)CC2. The lowest BCUT2D eigenvalue weighted by atomic mass is 9.72. The third kappa shape index (κ3) is 2.80. The molecule has 2 aliphatic heterocycles. The zero-order valence-corrected chi connectivity index (χ0v) is 14.7. The number of aliphatic carboxylic acids is 1. The summed E-state index contributed by atoms with van der Waals surface area (Å²) >= 11 is 0. The molecule has 3 aliphatic rings. The average Bonchev–Trinajstić information content (AvgIpc) is 3.36. The van der Waals surface area contributed by atoms with E-state index in [-0.39, 0.29) is 23.1 Å². The normalized spacial score (nSPS) is 26.5. The molecule has 2 saturated heterocycles. The van der Waals surface area contributed by atoms with Crippen LogP contribution in [0.15, 0.2) is 24.3 Å².